The molecule has 7 aliphatic rings. The van der Waals surface area contributed by atoms with E-state index < -0.39 is 71.0 Å². The molecule has 0 amide bonds. The summed E-state index contributed by atoms with van der Waals surface area (Å²) in [5.74, 6) is -3.92. The molecule has 8 unspecified atom stereocenters. The third-order valence-corrected chi connectivity index (χ3v) is 13.3. The van der Waals surface area contributed by atoms with Gasteiger partial charge in [-0.3, -0.25) is 4.79 Å². The smallest absolute Gasteiger partial charge is 0.306 e. The van der Waals surface area contributed by atoms with Crippen molar-refractivity contribution in [1.29, 1.82) is 0 Å². The minimum Gasteiger partial charge on any atom is -0.393 e. The van der Waals surface area contributed by atoms with Crippen LogP contribution in [0.1, 0.15) is 105 Å². The van der Waals surface area contributed by atoms with E-state index in [4.69, 9.17) is 18.9 Å². The normalized spacial score (nSPS) is 56.2. The molecule has 0 aromatic heterocycles. The predicted octanol–water partition coefficient (Wildman–Crippen LogP) is 4.98. The molecule has 3 bridgehead atoms. The second-order valence-corrected chi connectivity index (χ2v) is 15.7. The molecular formula is C36H54O8. The van der Waals surface area contributed by atoms with Crippen molar-refractivity contribution in [2.45, 2.75) is 151 Å². The molecule has 246 valence electrons. The van der Waals surface area contributed by atoms with Crippen LogP contribution in [-0.2, 0) is 23.7 Å². The first-order valence-corrected chi connectivity index (χ1v) is 17.6. The van der Waals surface area contributed by atoms with Crippen molar-refractivity contribution in [2.75, 3.05) is 6.61 Å². The van der Waals surface area contributed by atoms with Crippen molar-refractivity contribution >= 4 is 5.78 Å². The molecule has 8 heteroatoms. The minimum absolute atomic E-state index is 0.106. The molecule has 0 radical (unpaired) electrons. The summed E-state index contributed by atoms with van der Waals surface area (Å²) in [6, 6.07) is 0. The Kier molecular flexibility index (Phi) is 7.65. The Bertz CT molecular complexity index is 1200. The SMILES string of the molecule is C=C(C)[C@]12CC(C)C34OC5(/C=C/CCCCCCCCCCCC(C)C6C(C)C(=O)[C@@](O)([C@H](O)[C@@]7(CO)O[C@H]7C3C1O5)[C@@H]64)O2. The third kappa shape index (κ3) is 3.97. The molecule has 7 rings (SSSR count). The first-order valence-electron chi connectivity index (χ1n) is 17.6. The van der Waals surface area contributed by atoms with Gasteiger partial charge in [-0.05, 0) is 49.5 Å². The number of aliphatic hydroxyl groups is 3. The van der Waals surface area contributed by atoms with Crippen molar-refractivity contribution in [2.24, 2.45) is 35.5 Å². The van der Waals surface area contributed by atoms with E-state index in [1.54, 1.807) is 0 Å². The fraction of sp³-hybridized carbons (Fsp3) is 0.861. The number of allylic oxidation sites excluding steroid dienone is 1. The van der Waals surface area contributed by atoms with Crippen LogP contribution in [0.2, 0.25) is 0 Å². The van der Waals surface area contributed by atoms with Crippen LogP contribution < -0.4 is 0 Å². The Labute approximate surface area is 262 Å². The van der Waals surface area contributed by atoms with Gasteiger partial charge in [0.2, 0.25) is 0 Å². The lowest BCUT2D eigenvalue weighted by molar-refractivity contribution is -0.412. The van der Waals surface area contributed by atoms with Gasteiger partial charge in [-0.15, -0.1) is 0 Å². The summed E-state index contributed by atoms with van der Waals surface area (Å²) in [5, 5.41) is 35.7. The van der Waals surface area contributed by atoms with Gasteiger partial charge in [-0.25, -0.2) is 0 Å². The highest BCUT2D eigenvalue weighted by Crippen LogP contribution is 2.74. The van der Waals surface area contributed by atoms with Crippen molar-refractivity contribution in [3.63, 3.8) is 0 Å². The summed E-state index contributed by atoms with van der Waals surface area (Å²) in [6.45, 7) is 12.1. The maximum atomic E-state index is 14.4. The molecular weight excluding hydrogens is 560 g/mol. The Hall–Kier alpha value is -1.13. The number of fused-ring (bicyclic) bond motifs is 1. The van der Waals surface area contributed by atoms with Crippen LogP contribution in [0, 0.1) is 35.5 Å². The number of ketones is 1. The largest absolute Gasteiger partial charge is 0.393 e. The van der Waals surface area contributed by atoms with Gasteiger partial charge in [0.15, 0.2) is 11.4 Å². The summed E-state index contributed by atoms with van der Waals surface area (Å²) >= 11 is 0. The number of carbonyl (C=O) groups is 1. The number of hydrogen-bond acceptors (Lipinski definition) is 8. The van der Waals surface area contributed by atoms with Crippen LogP contribution in [0.15, 0.2) is 24.3 Å². The number of hydrogen-bond donors (Lipinski definition) is 3. The lowest BCUT2D eigenvalue weighted by Crippen LogP contribution is -2.73. The number of aliphatic hydroxyl groups excluding tert-OH is 2. The molecule has 14 atom stereocenters. The monoisotopic (exact) mass is 614 g/mol. The highest BCUT2D eigenvalue weighted by atomic mass is 16.9. The average Bonchev–Trinajstić information content (AvgIpc) is 3.63. The van der Waals surface area contributed by atoms with Gasteiger partial charge in [-0.2, -0.15) is 0 Å². The van der Waals surface area contributed by atoms with Crippen molar-refractivity contribution in [1.82, 2.24) is 0 Å². The molecule has 44 heavy (non-hydrogen) atoms. The van der Waals surface area contributed by atoms with Crippen LogP contribution in [0.5, 0.6) is 0 Å². The van der Waals surface area contributed by atoms with Gasteiger partial charge in [0, 0.05) is 23.8 Å². The zero-order valence-electron chi connectivity index (χ0n) is 27.1. The van der Waals surface area contributed by atoms with E-state index in [1.165, 1.54) is 38.5 Å². The van der Waals surface area contributed by atoms with Gasteiger partial charge in [0.25, 0.3) is 0 Å². The van der Waals surface area contributed by atoms with Crippen LogP contribution in [-0.4, -0.2) is 74.4 Å². The van der Waals surface area contributed by atoms with Crippen LogP contribution >= 0.6 is 0 Å². The molecule has 4 heterocycles. The van der Waals surface area contributed by atoms with Crippen molar-refractivity contribution < 1.29 is 39.1 Å². The molecule has 3 saturated heterocycles. The number of ether oxygens (including phenoxy) is 4. The van der Waals surface area contributed by atoms with Gasteiger partial charge in [0.1, 0.15) is 29.5 Å². The standard InChI is InChI=1S/C36H54O8/c1-21(2)32-19-23(4)36-26-29(32)42-34(43-32,44-36)18-16-14-12-10-8-6-7-9-11-13-15-17-22(3)25-24(5)28(38)35(40,27(25)36)31(39)33(20-37)30(26)41-33/h16,18,22-27,29-31,37,39-40H,1,6-15,17,19-20H2,2-5H3/b18-16+/t22?,23?,24?,25?,26?,27-,29?,30+,31-,32-,33+,34?,35-,36?/m1/s1. The summed E-state index contributed by atoms with van der Waals surface area (Å²) < 4.78 is 27.4. The highest BCUT2D eigenvalue weighted by molar-refractivity contribution is 5.93. The Morgan fingerprint density at radius 1 is 0.977 bits per heavy atom. The summed E-state index contributed by atoms with van der Waals surface area (Å²) in [6.07, 6.45) is 14.3. The third-order valence-electron chi connectivity index (χ3n) is 13.3. The van der Waals surface area contributed by atoms with E-state index in [0.717, 1.165) is 37.7 Å². The van der Waals surface area contributed by atoms with Gasteiger partial charge >= 0.3 is 5.97 Å². The number of Topliss-reactive ketones (excluding diaryl/α,β-unsaturated/α-hetero) is 1. The van der Waals surface area contributed by atoms with Gasteiger partial charge < -0.3 is 34.3 Å². The zero-order valence-corrected chi connectivity index (χ0v) is 27.1. The Morgan fingerprint density at radius 2 is 1.64 bits per heavy atom. The zero-order chi connectivity index (χ0) is 31.3. The molecule has 3 saturated carbocycles. The van der Waals surface area contributed by atoms with Crippen LogP contribution in [0.25, 0.3) is 0 Å². The molecule has 0 aromatic rings. The van der Waals surface area contributed by atoms with E-state index in [-0.39, 0.29) is 23.5 Å². The maximum Gasteiger partial charge on any atom is 0.306 e. The van der Waals surface area contributed by atoms with Crippen molar-refractivity contribution in [3.8, 4) is 0 Å². The first kappa shape index (κ1) is 31.5. The van der Waals surface area contributed by atoms with Gasteiger partial charge in [0.05, 0.1) is 12.2 Å². The molecule has 6 fully saturated rings. The Morgan fingerprint density at radius 3 is 2.30 bits per heavy atom. The van der Waals surface area contributed by atoms with E-state index in [0.29, 0.717) is 6.42 Å². The molecule has 3 N–H and O–H groups in total. The summed E-state index contributed by atoms with van der Waals surface area (Å²) in [4.78, 5) is 14.4. The van der Waals surface area contributed by atoms with E-state index in [1.807, 2.05) is 19.9 Å². The van der Waals surface area contributed by atoms with E-state index in [2.05, 4.69) is 26.5 Å². The first-order chi connectivity index (χ1) is 21.0. The lowest BCUT2D eigenvalue weighted by Gasteiger charge is -2.61. The molecule has 0 aromatic carbocycles. The predicted molar refractivity (Wildman–Crippen MR) is 163 cm³/mol. The minimum atomic E-state index is -2.15. The number of epoxide rings is 1. The van der Waals surface area contributed by atoms with Crippen LogP contribution in [0.4, 0.5) is 0 Å². The van der Waals surface area contributed by atoms with E-state index in [9.17, 15) is 20.1 Å². The fourth-order valence-electron chi connectivity index (χ4n) is 11.2. The Balaban J connectivity index is 1.41. The summed E-state index contributed by atoms with van der Waals surface area (Å²) in [7, 11) is 0. The van der Waals surface area contributed by atoms with Crippen molar-refractivity contribution in [3.05, 3.63) is 24.3 Å². The molecule has 4 aliphatic heterocycles. The molecule has 8 nitrogen and oxygen atoms in total. The second-order valence-electron chi connectivity index (χ2n) is 15.7. The van der Waals surface area contributed by atoms with E-state index >= 15 is 0 Å². The van der Waals surface area contributed by atoms with Gasteiger partial charge in [-0.1, -0.05) is 91.2 Å². The lowest BCUT2D eigenvalue weighted by atomic mass is 9.52. The topological polar surface area (TPSA) is 118 Å². The molecule has 3 aliphatic carbocycles. The molecule has 2 spiro atoms. The van der Waals surface area contributed by atoms with Crippen LogP contribution in [0.3, 0.4) is 0 Å². The number of carbonyl (C=O) groups excluding carboxylic acids is 1. The second kappa shape index (κ2) is 10.7. The fourth-order valence-corrected chi connectivity index (χ4v) is 11.2. The summed E-state index contributed by atoms with van der Waals surface area (Å²) in [5.41, 5.74) is -4.79. The maximum absolute atomic E-state index is 14.4. The quantitative estimate of drug-likeness (QED) is 0.295. The average molecular weight is 615 g/mol. The highest BCUT2D eigenvalue weighted by Gasteiger charge is 2.89. The number of rotatable bonds is 2.